The van der Waals surface area contributed by atoms with E-state index in [0.29, 0.717) is 5.56 Å². The smallest absolute Gasteiger partial charge is 0.277 e. The summed E-state index contributed by atoms with van der Waals surface area (Å²) in [6, 6.07) is 15.8. The Morgan fingerprint density at radius 3 is 1.76 bits per heavy atom. The molecule has 0 fully saturated rings. The lowest BCUT2D eigenvalue weighted by atomic mass is 10.0. The molecule has 0 saturated heterocycles. The molecule has 0 heterocycles. The Balaban J connectivity index is 2.20. The van der Waals surface area contributed by atoms with Crippen molar-refractivity contribution in [2.75, 3.05) is 33.2 Å². The fourth-order valence-electron chi connectivity index (χ4n) is 2.02. The van der Waals surface area contributed by atoms with E-state index in [1.165, 1.54) is 12.2 Å². The molecule has 0 atom stereocenters. The summed E-state index contributed by atoms with van der Waals surface area (Å²) in [4.78, 5) is 18.9. The molecule has 0 aliphatic heterocycles. The Hall–Kier alpha value is -2.33. The summed E-state index contributed by atoms with van der Waals surface area (Å²) in [5, 5.41) is 1.21. The van der Waals surface area contributed by atoms with Gasteiger partial charge in [0.2, 0.25) is 0 Å². The molecule has 4 heteroatoms. The van der Waals surface area contributed by atoms with Crippen LogP contribution in [0.2, 0.25) is 0 Å². The fraction of sp³-hybridized carbons (Fsp3) is 0.235. The van der Waals surface area contributed by atoms with Gasteiger partial charge in [-0.3, -0.25) is 9.63 Å². The second-order valence-electron chi connectivity index (χ2n) is 5.00. The van der Waals surface area contributed by atoms with Gasteiger partial charge in [0, 0.05) is 32.4 Å². The molecule has 0 saturated carbocycles. The molecular weight excluding hydrogens is 264 g/mol. The largest absolute Gasteiger partial charge is 0.378 e. The lowest BCUT2D eigenvalue weighted by Gasteiger charge is -2.14. The van der Waals surface area contributed by atoms with E-state index in [1.807, 2.05) is 38.4 Å². The van der Waals surface area contributed by atoms with Crippen molar-refractivity contribution >= 4 is 11.6 Å². The Morgan fingerprint density at radius 2 is 1.33 bits per heavy atom. The van der Waals surface area contributed by atoms with Crippen LogP contribution in [0, 0.1) is 0 Å². The highest BCUT2D eigenvalue weighted by Crippen LogP contribution is 2.23. The molecule has 0 N–H and O–H groups in total. The third kappa shape index (κ3) is 3.41. The number of hydroxylamine groups is 2. The maximum atomic E-state index is 11.9. The maximum absolute atomic E-state index is 11.9. The van der Waals surface area contributed by atoms with E-state index in [9.17, 15) is 4.79 Å². The third-order valence-corrected chi connectivity index (χ3v) is 3.41. The zero-order valence-electron chi connectivity index (χ0n) is 12.8. The first-order chi connectivity index (χ1) is 10.0. The van der Waals surface area contributed by atoms with Gasteiger partial charge in [-0.2, -0.15) is 0 Å². The number of rotatable bonds is 4. The molecule has 2 aromatic carbocycles. The van der Waals surface area contributed by atoms with Crippen LogP contribution >= 0.6 is 0 Å². The number of hydrogen-bond donors (Lipinski definition) is 0. The zero-order chi connectivity index (χ0) is 15.4. The van der Waals surface area contributed by atoms with Crippen LogP contribution in [0.4, 0.5) is 5.69 Å². The monoisotopic (exact) mass is 284 g/mol. The molecule has 4 nitrogen and oxygen atoms in total. The van der Waals surface area contributed by atoms with E-state index in [2.05, 4.69) is 29.2 Å². The minimum Gasteiger partial charge on any atom is -0.378 e. The van der Waals surface area contributed by atoms with Crippen LogP contribution in [0.3, 0.4) is 0 Å². The van der Waals surface area contributed by atoms with Crippen molar-refractivity contribution in [3.63, 3.8) is 0 Å². The number of nitrogens with zero attached hydrogens (tertiary/aromatic N) is 2. The highest BCUT2D eigenvalue weighted by molar-refractivity contribution is 5.93. The van der Waals surface area contributed by atoms with Gasteiger partial charge in [0.1, 0.15) is 0 Å². The van der Waals surface area contributed by atoms with Crippen molar-refractivity contribution < 1.29 is 9.63 Å². The minimum atomic E-state index is -0.160. The highest BCUT2D eigenvalue weighted by Gasteiger charge is 2.10. The number of benzene rings is 2. The second-order valence-corrected chi connectivity index (χ2v) is 5.00. The summed E-state index contributed by atoms with van der Waals surface area (Å²) in [5.74, 6) is -0.160. The molecule has 0 aromatic heterocycles. The zero-order valence-corrected chi connectivity index (χ0v) is 12.8. The molecule has 0 aliphatic rings. The Kier molecular flexibility index (Phi) is 4.60. The fourth-order valence-corrected chi connectivity index (χ4v) is 2.02. The van der Waals surface area contributed by atoms with Gasteiger partial charge in [0.05, 0.1) is 7.11 Å². The van der Waals surface area contributed by atoms with Crippen LogP contribution in [0.25, 0.3) is 11.1 Å². The van der Waals surface area contributed by atoms with Gasteiger partial charge in [0.15, 0.2) is 0 Å². The van der Waals surface area contributed by atoms with Crippen LogP contribution < -0.4 is 4.90 Å². The van der Waals surface area contributed by atoms with E-state index < -0.39 is 0 Å². The first-order valence-electron chi connectivity index (χ1n) is 6.73. The molecule has 21 heavy (non-hydrogen) atoms. The summed E-state index contributed by atoms with van der Waals surface area (Å²) in [6.07, 6.45) is 0. The van der Waals surface area contributed by atoms with Gasteiger partial charge in [0.25, 0.3) is 5.91 Å². The Morgan fingerprint density at radius 1 is 0.857 bits per heavy atom. The quantitative estimate of drug-likeness (QED) is 0.809. The number of anilines is 1. The third-order valence-electron chi connectivity index (χ3n) is 3.41. The van der Waals surface area contributed by atoms with Crippen molar-refractivity contribution in [1.82, 2.24) is 5.06 Å². The maximum Gasteiger partial charge on any atom is 0.277 e. The van der Waals surface area contributed by atoms with Crippen LogP contribution in [-0.4, -0.2) is 39.2 Å². The van der Waals surface area contributed by atoms with Gasteiger partial charge in [-0.15, -0.1) is 0 Å². The molecule has 1 amide bonds. The van der Waals surface area contributed by atoms with Crippen LogP contribution in [0.5, 0.6) is 0 Å². The first-order valence-corrected chi connectivity index (χ1v) is 6.73. The first kappa shape index (κ1) is 15.1. The van der Waals surface area contributed by atoms with Gasteiger partial charge in [-0.25, -0.2) is 5.06 Å². The second kappa shape index (κ2) is 6.41. The lowest BCUT2D eigenvalue weighted by molar-refractivity contribution is -0.0756. The van der Waals surface area contributed by atoms with E-state index >= 15 is 0 Å². The van der Waals surface area contributed by atoms with E-state index in [4.69, 9.17) is 4.84 Å². The Labute approximate surface area is 125 Å². The summed E-state index contributed by atoms with van der Waals surface area (Å²) in [5.41, 5.74) is 3.97. The number of hydrogen-bond acceptors (Lipinski definition) is 3. The summed E-state index contributed by atoms with van der Waals surface area (Å²) >= 11 is 0. The van der Waals surface area contributed by atoms with Crippen molar-refractivity contribution in [3.05, 3.63) is 54.1 Å². The van der Waals surface area contributed by atoms with Crippen LogP contribution in [-0.2, 0) is 4.84 Å². The average molecular weight is 284 g/mol. The number of carbonyl (C=O) groups excluding carboxylic acids is 1. The van der Waals surface area contributed by atoms with Crippen LogP contribution in [0.15, 0.2) is 48.5 Å². The predicted molar refractivity (Wildman–Crippen MR) is 85.3 cm³/mol. The van der Waals surface area contributed by atoms with Gasteiger partial charge >= 0.3 is 0 Å². The number of amides is 1. The van der Waals surface area contributed by atoms with Gasteiger partial charge < -0.3 is 4.90 Å². The van der Waals surface area contributed by atoms with E-state index in [0.717, 1.165) is 16.8 Å². The van der Waals surface area contributed by atoms with Crippen molar-refractivity contribution in [1.29, 1.82) is 0 Å². The minimum absolute atomic E-state index is 0.160. The van der Waals surface area contributed by atoms with Crippen LogP contribution in [0.1, 0.15) is 10.4 Å². The number of carbonyl (C=O) groups is 1. The van der Waals surface area contributed by atoms with Crippen molar-refractivity contribution in [3.8, 4) is 11.1 Å². The van der Waals surface area contributed by atoms with Gasteiger partial charge in [-0.1, -0.05) is 24.3 Å². The molecule has 0 unspecified atom stereocenters. The topological polar surface area (TPSA) is 32.8 Å². The highest BCUT2D eigenvalue weighted by atomic mass is 16.7. The normalized spacial score (nSPS) is 10.3. The molecule has 2 rings (SSSR count). The van der Waals surface area contributed by atoms with Crippen molar-refractivity contribution in [2.45, 2.75) is 0 Å². The average Bonchev–Trinajstić information content (AvgIpc) is 2.53. The Bertz CT molecular complexity index is 604. The molecule has 0 spiro atoms. The molecule has 0 aliphatic carbocycles. The molecule has 0 bridgehead atoms. The molecule has 2 aromatic rings. The predicted octanol–water partition coefficient (Wildman–Crippen LogP) is 3.05. The summed E-state index contributed by atoms with van der Waals surface area (Å²) in [7, 11) is 7.10. The SMILES string of the molecule is CON(C)C(=O)c1ccc(-c2ccc(N(C)C)cc2)cc1. The van der Waals surface area contributed by atoms with E-state index in [-0.39, 0.29) is 5.91 Å². The van der Waals surface area contributed by atoms with E-state index in [1.54, 1.807) is 7.05 Å². The van der Waals surface area contributed by atoms with Gasteiger partial charge in [-0.05, 0) is 35.4 Å². The van der Waals surface area contributed by atoms with Crippen molar-refractivity contribution in [2.24, 2.45) is 0 Å². The summed E-state index contributed by atoms with van der Waals surface area (Å²) in [6.45, 7) is 0. The molecule has 0 radical (unpaired) electrons. The standard InChI is InChI=1S/C17H20N2O2/c1-18(2)16-11-9-14(10-12-16)13-5-7-15(8-6-13)17(20)19(3)21-4/h5-12H,1-4H3. The lowest BCUT2D eigenvalue weighted by Crippen LogP contribution is -2.25. The summed E-state index contributed by atoms with van der Waals surface area (Å²) < 4.78 is 0. The molecular formula is C17H20N2O2. The molecule has 110 valence electrons.